The zero-order valence-electron chi connectivity index (χ0n) is 19.0. The van der Waals surface area contributed by atoms with Crippen molar-refractivity contribution in [3.63, 3.8) is 0 Å². The summed E-state index contributed by atoms with van der Waals surface area (Å²) < 4.78 is 0. The molecule has 4 rings (SSSR count). The number of aromatic amines is 2. The zero-order chi connectivity index (χ0) is 24.0. The number of nitrogens with one attached hydrogen (secondary N) is 3. The smallest absolute Gasteiger partial charge is 0.548 e. The summed E-state index contributed by atoms with van der Waals surface area (Å²) in [5.74, 6) is -2.64. The van der Waals surface area contributed by atoms with E-state index in [1.54, 1.807) is 6.20 Å². The molecule has 0 spiro atoms. The Morgan fingerprint density at radius 1 is 0.941 bits per heavy atom. The first kappa shape index (κ1) is 27.1. The standard InChI is InChI=1S/C13H14N2O3.C11H12N2O2.Na/c1-8(16)15-12(13(17)18)6-9-7-14-11-5-3-2-4-10(9)11;12-9(11(14)15)5-7-6-13-10-4-2-1-3-8(7)10;/h2-5,7,12,14H,6H2,1H3,(H,15,16)(H,17,18);1-4,6,9,13H,5,12H2,(H,14,15);/q;;+1/p-1. The van der Waals surface area contributed by atoms with E-state index >= 15 is 0 Å². The molecule has 0 saturated carbocycles. The van der Waals surface area contributed by atoms with E-state index in [9.17, 15) is 19.5 Å². The normalized spacial score (nSPS) is 12.2. The van der Waals surface area contributed by atoms with E-state index in [1.807, 2.05) is 54.7 Å². The SMILES string of the molecule is CC(=O)NC(Cc1c[nH]c2ccccc12)C(=O)[O-].NC(Cc1c[nH]c2ccccc12)C(=O)O.[Na+]. The van der Waals surface area contributed by atoms with Gasteiger partial charge >= 0.3 is 35.5 Å². The number of aromatic nitrogens is 2. The van der Waals surface area contributed by atoms with Gasteiger partial charge in [0.25, 0.3) is 0 Å². The van der Waals surface area contributed by atoms with Gasteiger partial charge in [0.2, 0.25) is 5.91 Å². The molecule has 4 aromatic rings. The van der Waals surface area contributed by atoms with Crippen LogP contribution >= 0.6 is 0 Å². The number of nitrogens with two attached hydrogens (primary N) is 1. The van der Waals surface area contributed by atoms with Crippen LogP contribution in [0.15, 0.2) is 60.9 Å². The second kappa shape index (κ2) is 12.4. The molecular formula is C24H25N4NaO5. The van der Waals surface area contributed by atoms with Crippen molar-refractivity contribution in [3.8, 4) is 0 Å². The Labute approximate surface area is 218 Å². The second-order valence-electron chi connectivity index (χ2n) is 7.64. The maximum atomic E-state index is 11.0. The Morgan fingerprint density at radius 3 is 1.85 bits per heavy atom. The summed E-state index contributed by atoms with van der Waals surface area (Å²) >= 11 is 0. The van der Waals surface area contributed by atoms with Crippen LogP contribution in [-0.2, 0) is 27.2 Å². The molecule has 2 aromatic carbocycles. The van der Waals surface area contributed by atoms with Crippen LogP contribution in [0.3, 0.4) is 0 Å². The third kappa shape index (κ3) is 6.94. The molecule has 0 radical (unpaired) electrons. The quantitative estimate of drug-likeness (QED) is 0.197. The van der Waals surface area contributed by atoms with Crippen molar-refractivity contribution >= 4 is 39.7 Å². The van der Waals surface area contributed by atoms with Crippen molar-refractivity contribution in [3.05, 3.63) is 72.1 Å². The number of aliphatic carboxylic acids is 2. The van der Waals surface area contributed by atoms with Crippen LogP contribution < -0.4 is 45.7 Å². The molecule has 6 N–H and O–H groups in total. The molecule has 2 heterocycles. The van der Waals surface area contributed by atoms with E-state index in [4.69, 9.17) is 10.8 Å². The summed E-state index contributed by atoms with van der Waals surface area (Å²) in [6.07, 6.45) is 4.11. The number of fused-ring (bicyclic) bond motifs is 2. The predicted octanol–water partition coefficient (Wildman–Crippen LogP) is -1.91. The summed E-state index contributed by atoms with van der Waals surface area (Å²) in [4.78, 5) is 38.7. The molecule has 0 aliphatic carbocycles. The van der Waals surface area contributed by atoms with Crippen LogP contribution in [-0.4, -0.2) is 45.0 Å². The van der Waals surface area contributed by atoms with Gasteiger partial charge in [-0.1, -0.05) is 36.4 Å². The zero-order valence-corrected chi connectivity index (χ0v) is 21.0. The Bertz CT molecular complexity index is 1280. The van der Waals surface area contributed by atoms with Crippen molar-refractivity contribution in [2.24, 2.45) is 5.73 Å². The van der Waals surface area contributed by atoms with Gasteiger partial charge in [-0.05, 0) is 23.3 Å². The van der Waals surface area contributed by atoms with Crippen LogP contribution in [0.5, 0.6) is 0 Å². The fraction of sp³-hybridized carbons (Fsp3) is 0.208. The van der Waals surface area contributed by atoms with Crippen molar-refractivity contribution in [1.82, 2.24) is 15.3 Å². The topological polar surface area (TPSA) is 164 Å². The number of H-pyrrole nitrogens is 2. The minimum Gasteiger partial charge on any atom is -0.548 e. The fourth-order valence-electron chi connectivity index (χ4n) is 3.58. The molecule has 2 unspecified atom stereocenters. The van der Waals surface area contributed by atoms with Crippen LogP contribution in [0.2, 0.25) is 0 Å². The molecular weight excluding hydrogens is 447 g/mol. The van der Waals surface area contributed by atoms with E-state index in [0.29, 0.717) is 6.42 Å². The molecule has 172 valence electrons. The third-order valence-electron chi connectivity index (χ3n) is 5.19. The van der Waals surface area contributed by atoms with E-state index in [-0.39, 0.29) is 41.9 Å². The molecule has 0 saturated heterocycles. The maximum absolute atomic E-state index is 11.0. The van der Waals surface area contributed by atoms with Gasteiger partial charge in [0, 0.05) is 54.0 Å². The minimum atomic E-state index is -1.28. The largest absolute Gasteiger partial charge is 1.00 e. The molecule has 2 aromatic heterocycles. The van der Waals surface area contributed by atoms with E-state index < -0.39 is 24.0 Å². The molecule has 9 nitrogen and oxygen atoms in total. The number of carboxylic acids is 2. The maximum Gasteiger partial charge on any atom is 1.00 e. The average Bonchev–Trinajstić information content (AvgIpc) is 3.38. The van der Waals surface area contributed by atoms with Gasteiger partial charge < -0.3 is 36.0 Å². The predicted molar refractivity (Wildman–Crippen MR) is 122 cm³/mol. The van der Waals surface area contributed by atoms with E-state index in [2.05, 4.69) is 15.3 Å². The second-order valence-corrected chi connectivity index (χ2v) is 7.64. The average molecular weight is 472 g/mol. The first-order valence-corrected chi connectivity index (χ1v) is 10.3. The van der Waals surface area contributed by atoms with E-state index in [1.165, 1.54) is 6.92 Å². The first-order valence-electron chi connectivity index (χ1n) is 10.3. The van der Waals surface area contributed by atoms with Crippen LogP contribution in [0.25, 0.3) is 21.8 Å². The van der Waals surface area contributed by atoms with Gasteiger partial charge in [0.05, 0.1) is 12.0 Å². The summed E-state index contributed by atoms with van der Waals surface area (Å²) in [5.41, 5.74) is 9.21. The summed E-state index contributed by atoms with van der Waals surface area (Å²) in [6.45, 7) is 1.28. The number of para-hydroxylation sites is 2. The van der Waals surface area contributed by atoms with Crippen LogP contribution in [0.1, 0.15) is 18.1 Å². The number of rotatable bonds is 7. The van der Waals surface area contributed by atoms with Gasteiger partial charge in [0.1, 0.15) is 6.04 Å². The molecule has 10 heteroatoms. The number of carboxylic acid groups (broad SMARTS) is 2. The van der Waals surface area contributed by atoms with Gasteiger partial charge in [-0.15, -0.1) is 0 Å². The summed E-state index contributed by atoms with van der Waals surface area (Å²) in [5, 5.41) is 24.0. The molecule has 2 atom stereocenters. The van der Waals surface area contributed by atoms with E-state index in [0.717, 1.165) is 32.9 Å². The van der Waals surface area contributed by atoms with Crippen LogP contribution in [0, 0.1) is 0 Å². The molecule has 0 aliphatic rings. The number of hydrogen-bond acceptors (Lipinski definition) is 5. The van der Waals surface area contributed by atoms with Gasteiger partial charge in [0.15, 0.2) is 0 Å². The molecule has 0 bridgehead atoms. The fourth-order valence-corrected chi connectivity index (χ4v) is 3.58. The van der Waals surface area contributed by atoms with Crippen LogP contribution in [0.4, 0.5) is 0 Å². The Hall–Kier alpha value is -3.11. The number of hydrogen-bond donors (Lipinski definition) is 5. The van der Waals surface area contributed by atoms with Crippen molar-refractivity contribution < 1.29 is 54.2 Å². The number of amides is 1. The molecule has 0 aliphatic heterocycles. The monoisotopic (exact) mass is 472 g/mol. The van der Waals surface area contributed by atoms with Crippen molar-refractivity contribution in [2.75, 3.05) is 0 Å². The molecule has 0 fully saturated rings. The summed E-state index contributed by atoms with van der Waals surface area (Å²) in [7, 11) is 0. The van der Waals surface area contributed by atoms with Gasteiger partial charge in [-0.3, -0.25) is 9.59 Å². The van der Waals surface area contributed by atoms with Crippen molar-refractivity contribution in [2.45, 2.75) is 31.8 Å². The molecule has 1 amide bonds. The molecule has 34 heavy (non-hydrogen) atoms. The number of carbonyl (C=O) groups excluding carboxylic acids is 2. The van der Waals surface area contributed by atoms with Gasteiger partial charge in [-0.2, -0.15) is 0 Å². The first-order chi connectivity index (χ1) is 15.8. The number of benzene rings is 2. The Balaban J connectivity index is 0.000000237. The Kier molecular flexibility index (Phi) is 9.88. The van der Waals surface area contributed by atoms with Gasteiger partial charge in [-0.25, -0.2) is 0 Å². The third-order valence-corrected chi connectivity index (χ3v) is 5.19. The number of carbonyl (C=O) groups is 3. The Morgan fingerprint density at radius 2 is 1.41 bits per heavy atom. The summed E-state index contributed by atoms with van der Waals surface area (Å²) in [6, 6.07) is 13.5. The minimum absolute atomic E-state index is 0. The van der Waals surface area contributed by atoms with Crippen molar-refractivity contribution in [1.29, 1.82) is 0 Å².